The highest BCUT2D eigenvalue weighted by atomic mass is 28.5. The average Bonchev–Trinajstić information content (AvgIpc) is 2.45. The van der Waals surface area contributed by atoms with Gasteiger partial charge in [-0.2, -0.15) is 0 Å². The molecule has 140 valence electrons. The van der Waals surface area contributed by atoms with E-state index in [9.17, 15) is 19.2 Å². The minimum absolute atomic E-state index is 0.158. The third kappa shape index (κ3) is 15.5. The fourth-order valence-corrected chi connectivity index (χ4v) is 6.97. The van der Waals surface area contributed by atoms with Gasteiger partial charge in [0.15, 0.2) is 0 Å². The Labute approximate surface area is 144 Å². The molecule has 5 nitrogen and oxygen atoms in total. The van der Waals surface area contributed by atoms with Gasteiger partial charge in [-0.15, -0.1) is 0 Å². The summed E-state index contributed by atoms with van der Waals surface area (Å²) in [4.78, 5) is 39.6. The molecule has 0 aliphatic rings. The molecule has 23 heavy (non-hydrogen) atoms. The molecule has 0 rings (SSSR count). The van der Waals surface area contributed by atoms with Crippen LogP contribution in [0.5, 0.6) is 0 Å². The first-order valence-electron chi connectivity index (χ1n) is 9.42. The van der Waals surface area contributed by atoms with Gasteiger partial charge in [0.2, 0.25) is 0 Å². The van der Waals surface area contributed by atoms with E-state index >= 15 is 0 Å². The molecule has 0 bridgehead atoms. The second kappa shape index (κ2) is 13.5. The van der Waals surface area contributed by atoms with Crippen LogP contribution in [0.1, 0.15) is 90.9 Å². The molecule has 4 N–H and O–H groups in total. The minimum atomic E-state index is -3.93. The van der Waals surface area contributed by atoms with Crippen LogP contribution < -0.4 is 0 Å². The largest absolute Gasteiger partial charge is 0.488 e. The van der Waals surface area contributed by atoms with Crippen LogP contribution in [-0.4, -0.2) is 36.8 Å². The molecule has 0 spiro atoms. The van der Waals surface area contributed by atoms with Gasteiger partial charge in [0.25, 0.3) is 0 Å². The summed E-state index contributed by atoms with van der Waals surface area (Å²) in [7, 11) is -7.85. The van der Waals surface area contributed by atoms with Gasteiger partial charge in [0, 0.05) is 12.1 Å². The highest BCUT2D eigenvalue weighted by Crippen LogP contribution is 2.20. The zero-order valence-electron chi connectivity index (χ0n) is 15.1. The molecule has 0 aromatic rings. The van der Waals surface area contributed by atoms with Crippen molar-refractivity contribution in [2.24, 2.45) is 0 Å². The number of hydrogen-bond donors (Lipinski definition) is 4. The van der Waals surface area contributed by atoms with E-state index in [0.29, 0.717) is 12.8 Å². The third-order valence-corrected chi connectivity index (χ3v) is 8.66. The highest BCUT2D eigenvalue weighted by molar-refractivity contribution is 6.72. The van der Waals surface area contributed by atoms with Crippen molar-refractivity contribution in [3.63, 3.8) is 0 Å². The smallest absolute Gasteiger partial charge is 0.390 e. The summed E-state index contributed by atoms with van der Waals surface area (Å²) in [5, 5.41) is 0. The zero-order valence-corrected chi connectivity index (χ0v) is 17.1. The Morgan fingerprint density at radius 3 is 1.17 bits per heavy atom. The van der Waals surface area contributed by atoms with Crippen molar-refractivity contribution in [1.29, 1.82) is 0 Å². The molecular weight excluding hydrogens is 328 g/mol. The summed E-state index contributed by atoms with van der Waals surface area (Å²) in [5.74, 6) is 0. The van der Waals surface area contributed by atoms with Gasteiger partial charge in [0.05, 0.1) is 0 Å². The van der Waals surface area contributed by atoms with Crippen molar-refractivity contribution in [3.05, 3.63) is 0 Å². The average molecular weight is 367 g/mol. The topological polar surface area (TPSA) is 90.2 Å². The van der Waals surface area contributed by atoms with Crippen LogP contribution in [0.15, 0.2) is 0 Å². The second-order valence-electron chi connectivity index (χ2n) is 6.62. The van der Waals surface area contributed by atoms with Crippen molar-refractivity contribution in [2.45, 2.75) is 103 Å². The summed E-state index contributed by atoms with van der Waals surface area (Å²) in [6, 6.07) is 0.316. The first-order valence-corrected chi connectivity index (χ1v) is 13.4. The lowest BCUT2D eigenvalue weighted by molar-refractivity contribution is 0.152. The quantitative estimate of drug-likeness (QED) is 0.248. The monoisotopic (exact) mass is 366 g/mol. The molecule has 0 saturated carbocycles. The Kier molecular flexibility index (Phi) is 13.7. The zero-order chi connectivity index (χ0) is 17.6. The third-order valence-electron chi connectivity index (χ3n) is 4.04. The van der Waals surface area contributed by atoms with Crippen LogP contribution >= 0.6 is 0 Å². The van der Waals surface area contributed by atoms with Crippen molar-refractivity contribution < 1.29 is 23.3 Å². The Morgan fingerprint density at radius 2 is 0.826 bits per heavy atom. The predicted molar refractivity (Wildman–Crippen MR) is 97.8 cm³/mol. The van der Waals surface area contributed by atoms with Gasteiger partial charge in [0.1, 0.15) is 0 Å². The number of rotatable bonds is 16. The van der Waals surface area contributed by atoms with Crippen molar-refractivity contribution in [2.75, 3.05) is 0 Å². The van der Waals surface area contributed by atoms with E-state index < -0.39 is 17.6 Å². The predicted octanol–water partition coefficient (Wildman–Crippen LogP) is 3.57. The lowest BCUT2D eigenvalue weighted by Crippen LogP contribution is -2.52. The maximum atomic E-state index is 9.91. The Bertz CT molecular complexity index is 249. The fourth-order valence-electron chi connectivity index (χ4n) is 2.64. The fraction of sp³-hybridized carbons (Fsp3) is 1.00. The van der Waals surface area contributed by atoms with Crippen LogP contribution in [0.25, 0.3) is 0 Å². The summed E-state index contributed by atoms with van der Waals surface area (Å²) >= 11 is 0. The first-order chi connectivity index (χ1) is 10.8. The van der Waals surface area contributed by atoms with E-state index in [4.69, 9.17) is 4.12 Å². The minimum Gasteiger partial charge on any atom is -0.390 e. The molecule has 0 aromatic carbocycles. The molecule has 0 saturated heterocycles. The van der Waals surface area contributed by atoms with Gasteiger partial charge >= 0.3 is 17.6 Å². The molecule has 0 aliphatic heterocycles. The summed E-state index contributed by atoms with van der Waals surface area (Å²) in [6.07, 6.45) is 12.5. The SMILES string of the molecule is CCCCCCCC[Si](O)(O)O[Si](O)(O)CCCCCCCC. The first kappa shape index (κ1) is 23.2. The van der Waals surface area contributed by atoms with E-state index in [0.717, 1.165) is 25.7 Å². The normalized spacial score (nSPS) is 12.8. The molecule has 0 aromatic heterocycles. The summed E-state index contributed by atoms with van der Waals surface area (Å²) in [6.45, 7) is 4.31. The van der Waals surface area contributed by atoms with Crippen LogP contribution in [0.3, 0.4) is 0 Å². The molecule has 0 amide bonds. The summed E-state index contributed by atoms with van der Waals surface area (Å²) in [5.41, 5.74) is 0. The Balaban J connectivity index is 3.82. The van der Waals surface area contributed by atoms with Crippen molar-refractivity contribution in [3.8, 4) is 0 Å². The molecule has 0 heterocycles. The molecular formula is C16H38O5Si2. The van der Waals surface area contributed by atoms with Crippen LogP contribution in [0.4, 0.5) is 0 Å². The maximum absolute atomic E-state index is 9.91. The molecule has 0 radical (unpaired) electrons. The van der Waals surface area contributed by atoms with E-state index in [-0.39, 0.29) is 12.1 Å². The number of unbranched alkanes of at least 4 members (excludes halogenated alkanes) is 10. The Hall–Kier alpha value is 0.234. The van der Waals surface area contributed by atoms with Gasteiger partial charge < -0.3 is 23.3 Å². The van der Waals surface area contributed by atoms with Crippen LogP contribution in [-0.2, 0) is 4.12 Å². The molecule has 0 unspecified atom stereocenters. The standard InChI is InChI=1S/C16H38O5Si2/c1-3-5-7-9-11-13-15-22(17,18)21-23(19,20)16-14-12-10-8-6-4-2/h17-20H,3-16H2,1-2H3. The van der Waals surface area contributed by atoms with E-state index in [2.05, 4.69) is 13.8 Å². The molecule has 7 heteroatoms. The lowest BCUT2D eigenvalue weighted by atomic mass is 10.1. The lowest BCUT2D eigenvalue weighted by Gasteiger charge is -2.25. The highest BCUT2D eigenvalue weighted by Gasteiger charge is 2.44. The van der Waals surface area contributed by atoms with E-state index in [1.807, 2.05) is 0 Å². The van der Waals surface area contributed by atoms with Crippen LogP contribution in [0, 0.1) is 0 Å². The summed E-state index contributed by atoms with van der Waals surface area (Å²) < 4.78 is 4.98. The van der Waals surface area contributed by atoms with Crippen LogP contribution in [0.2, 0.25) is 12.1 Å². The molecule has 0 fully saturated rings. The van der Waals surface area contributed by atoms with Gasteiger partial charge in [-0.05, 0) is 12.8 Å². The van der Waals surface area contributed by atoms with E-state index in [1.54, 1.807) is 0 Å². The Morgan fingerprint density at radius 1 is 0.522 bits per heavy atom. The van der Waals surface area contributed by atoms with Crippen molar-refractivity contribution >= 4 is 17.6 Å². The van der Waals surface area contributed by atoms with E-state index in [1.165, 1.54) is 38.5 Å². The molecule has 0 atom stereocenters. The van der Waals surface area contributed by atoms with Gasteiger partial charge in [-0.1, -0.05) is 78.1 Å². The van der Waals surface area contributed by atoms with Gasteiger partial charge in [-0.3, -0.25) is 0 Å². The maximum Gasteiger partial charge on any atom is 0.488 e. The molecule has 0 aliphatic carbocycles. The van der Waals surface area contributed by atoms with Gasteiger partial charge in [-0.25, -0.2) is 0 Å². The number of hydrogen-bond acceptors (Lipinski definition) is 5. The van der Waals surface area contributed by atoms with Crippen molar-refractivity contribution in [1.82, 2.24) is 0 Å². The second-order valence-corrected chi connectivity index (χ2v) is 11.4.